The Hall–Kier alpha value is -14.1. The van der Waals surface area contributed by atoms with Crippen molar-refractivity contribution in [1.29, 1.82) is 0 Å². The predicted molar refractivity (Wildman–Crippen MR) is 530 cm³/mol. The van der Waals surface area contributed by atoms with Gasteiger partial charge in [0.15, 0.2) is 0 Å². The van der Waals surface area contributed by atoms with E-state index in [0.717, 1.165) is 168 Å². The van der Waals surface area contributed by atoms with Crippen LogP contribution in [0, 0.1) is 27.7 Å². The van der Waals surface area contributed by atoms with Crippen LogP contribution >= 0.6 is 0 Å². The van der Waals surface area contributed by atoms with Crippen LogP contribution in [0.2, 0.25) is 0 Å². The van der Waals surface area contributed by atoms with Gasteiger partial charge in [-0.15, -0.1) is 0 Å². The van der Waals surface area contributed by atoms with Crippen molar-refractivity contribution in [2.75, 3.05) is 19.6 Å². The van der Waals surface area contributed by atoms with E-state index in [2.05, 4.69) is 500 Å². The Bertz CT molecular complexity index is 6560. The summed E-state index contributed by atoms with van der Waals surface area (Å²) >= 11 is 0. The molecule has 0 radical (unpaired) electrons. The largest absolute Gasteiger partial charge is 0.295 e. The van der Waals surface area contributed by atoms with Gasteiger partial charge in [-0.1, -0.05) is 301 Å². The smallest absolute Gasteiger partial charge is 0.126 e. The van der Waals surface area contributed by atoms with Gasteiger partial charge in [-0.2, -0.15) is 0 Å². The Kier molecular flexibility index (Phi) is 18.9. The molecule has 8 heteroatoms. The number of aromatic nitrogens is 4. The molecule has 4 heterocycles. The molecule has 0 amide bonds. The van der Waals surface area contributed by atoms with E-state index < -0.39 is 0 Å². The van der Waals surface area contributed by atoms with Crippen LogP contribution in [0.1, 0.15) is 128 Å². The van der Waals surface area contributed by atoms with Crippen LogP contribution in [0.3, 0.4) is 0 Å². The molecule has 0 aliphatic rings. The SMILES string of the molecule is Cc1c(N(c2ccc(C(C)(C)C)cc2)c2cc(N(c3ccc(C(C)(C)C)cc3)c3c(C)c4ccccc4n3-c3ccccc3)c3ccc4c(N(c5ccc(C(C)(C)C)cc5)c5c(C)c6ccccc6n5-c5ccccc5)cc(N(c5ccc(C(C)(C)C)cc5)c5c(C)c6ccccc6n5-c5ccccc5)c5ccc2c3c54)n(-c2ccccc2)c2ccccc12. The maximum Gasteiger partial charge on any atom is 0.126 e. The van der Waals surface area contributed by atoms with Crippen molar-refractivity contribution in [2.45, 2.75) is 132 Å². The van der Waals surface area contributed by atoms with Crippen LogP contribution in [-0.2, 0) is 21.7 Å². The molecule has 0 bridgehead atoms. The van der Waals surface area contributed by atoms with Crippen LogP contribution in [0.5, 0.6) is 0 Å². The van der Waals surface area contributed by atoms with E-state index in [1.165, 1.54) is 43.8 Å². The fraction of sp³-hybridized carbons (Fsp3) is 0.172. The van der Waals surface area contributed by atoms with E-state index in [9.17, 15) is 0 Å². The Morgan fingerprint density at radius 3 is 0.548 bits per heavy atom. The minimum Gasteiger partial charge on any atom is -0.295 e. The van der Waals surface area contributed by atoms with Crippen molar-refractivity contribution in [3.63, 3.8) is 0 Å². The Balaban J connectivity index is 1.04. The highest BCUT2D eigenvalue weighted by molar-refractivity contribution is 6.33. The summed E-state index contributed by atoms with van der Waals surface area (Å²) in [5, 5.41) is 11.2. The fourth-order valence-corrected chi connectivity index (χ4v) is 19.6. The molecular weight excluding hydrogens is 1510 g/mol. The maximum atomic E-state index is 2.63. The lowest BCUT2D eigenvalue weighted by Gasteiger charge is -2.36. The average Bonchev–Trinajstić information content (AvgIpc) is 1.04. The van der Waals surface area contributed by atoms with Crippen molar-refractivity contribution < 1.29 is 0 Å². The topological polar surface area (TPSA) is 32.7 Å². The molecule has 16 aromatic carbocycles. The van der Waals surface area contributed by atoms with Crippen molar-refractivity contribution >= 4 is 145 Å². The second kappa shape index (κ2) is 29.9. The molecule has 20 aromatic rings. The summed E-state index contributed by atoms with van der Waals surface area (Å²) < 4.78 is 10.1. The molecule has 4 aromatic heterocycles. The van der Waals surface area contributed by atoms with Crippen LogP contribution in [0.25, 0.3) is 98.7 Å². The number of aryl methyl sites for hydroxylation is 4. The van der Waals surface area contributed by atoms with Crippen molar-refractivity contribution in [3.8, 4) is 22.7 Å². The minimum atomic E-state index is -0.140. The summed E-state index contributed by atoms with van der Waals surface area (Å²) in [6, 6.07) is 133. The number of para-hydroxylation sites is 8. The highest BCUT2D eigenvalue weighted by Crippen LogP contribution is 2.59. The molecule has 0 aliphatic heterocycles. The van der Waals surface area contributed by atoms with E-state index in [1.54, 1.807) is 0 Å². The van der Waals surface area contributed by atoms with E-state index in [-0.39, 0.29) is 21.7 Å². The fourth-order valence-electron chi connectivity index (χ4n) is 19.6. The zero-order chi connectivity index (χ0) is 85.6. The summed E-state index contributed by atoms with van der Waals surface area (Å²) in [7, 11) is 0. The first-order valence-corrected chi connectivity index (χ1v) is 43.8. The number of hydrogen-bond acceptors (Lipinski definition) is 4. The molecule has 0 fully saturated rings. The molecule has 0 N–H and O–H groups in total. The van der Waals surface area contributed by atoms with Gasteiger partial charge in [0, 0.05) is 122 Å². The van der Waals surface area contributed by atoms with Gasteiger partial charge in [-0.25, -0.2) is 0 Å². The third-order valence-electron chi connectivity index (χ3n) is 26.0. The highest BCUT2D eigenvalue weighted by atomic mass is 15.3. The van der Waals surface area contributed by atoms with Crippen LogP contribution in [-0.4, -0.2) is 18.3 Å². The molecule has 0 atom stereocenters. The normalized spacial score (nSPS) is 12.4. The van der Waals surface area contributed by atoms with Crippen LogP contribution < -0.4 is 19.6 Å². The van der Waals surface area contributed by atoms with E-state index in [4.69, 9.17) is 0 Å². The van der Waals surface area contributed by atoms with E-state index >= 15 is 0 Å². The van der Waals surface area contributed by atoms with Crippen molar-refractivity contribution in [2.24, 2.45) is 0 Å². The number of hydrogen-bond donors (Lipinski definition) is 0. The summed E-state index contributed by atoms with van der Waals surface area (Å²) in [6.07, 6.45) is 0. The van der Waals surface area contributed by atoms with Crippen LogP contribution in [0.15, 0.2) is 352 Å². The lowest BCUT2D eigenvalue weighted by atomic mass is 9.86. The molecule has 0 saturated carbocycles. The number of fused-ring (bicyclic) bond motifs is 4. The third-order valence-corrected chi connectivity index (χ3v) is 26.0. The van der Waals surface area contributed by atoms with Gasteiger partial charge in [0.05, 0.1) is 44.8 Å². The molecule has 0 unspecified atom stereocenters. The minimum absolute atomic E-state index is 0.140. The third kappa shape index (κ3) is 13.0. The molecule has 610 valence electrons. The standard InChI is InChI=1S/C116H106N8/c1-75-91-45-29-33-49-99(91)117(83-37-21-17-22-38-83)109(75)121(87-61-53-79(54-62-87)113(5,6)7)103-73-104(122(88-63-55-80(56-64-88)114(8,9)10)110-76(2)92-46-30-34-50-100(92)118(110)84-39-23-18-24-40-84)96-71-72-98-106(124(90-67-59-82(60-68-90)116(14,15)16)112-78(4)94-48-32-36-52-102(94)120(112)86-43-27-20-28-44-86)74-105(97-70-69-95(103)107(96)108(97)98)123(89-65-57-81(58-66-89)115(11,12)13)111-77(3)93-47-31-35-51-101(93)119(111)85-41-25-19-26-42-85/h17-74H,1-16H3. The Morgan fingerprint density at radius 1 is 0.185 bits per heavy atom. The monoisotopic (exact) mass is 1610 g/mol. The molecule has 0 spiro atoms. The van der Waals surface area contributed by atoms with Crippen LogP contribution in [0.4, 0.5) is 68.8 Å². The number of rotatable bonds is 16. The molecule has 124 heavy (non-hydrogen) atoms. The predicted octanol–water partition coefficient (Wildman–Crippen LogP) is 32.7. The lowest BCUT2D eigenvalue weighted by Crippen LogP contribution is -2.20. The Morgan fingerprint density at radius 2 is 0.363 bits per heavy atom. The summed E-state index contributed by atoms with van der Waals surface area (Å²) in [5.74, 6) is 4.16. The number of anilines is 12. The number of benzene rings is 16. The van der Waals surface area contributed by atoms with Gasteiger partial charge in [-0.05, 0) is 205 Å². The van der Waals surface area contributed by atoms with Gasteiger partial charge in [-0.3, -0.25) is 37.9 Å². The molecule has 0 saturated heterocycles. The summed E-state index contributed by atoms with van der Waals surface area (Å²) in [5.41, 5.74) is 25.9. The van der Waals surface area contributed by atoms with Gasteiger partial charge in [0.2, 0.25) is 0 Å². The zero-order valence-electron chi connectivity index (χ0n) is 74.1. The quantitative estimate of drug-likeness (QED) is 0.0903. The second-order valence-electron chi connectivity index (χ2n) is 38.0. The first kappa shape index (κ1) is 78.5. The highest BCUT2D eigenvalue weighted by Gasteiger charge is 2.37. The van der Waals surface area contributed by atoms with Gasteiger partial charge in [0.25, 0.3) is 0 Å². The number of nitrogens with zero attached hydrogens (tertiary/aromatic N) is 8. The van der Waals surface area contributed by atoms with Gasteiger partial charge < -0.3 is 0 Å². The molecule has 8 nitrogen and oxygen atoms in total. The molecular formula is C116H106N8. The van der Waals surface area contributed by atoms with E-state index in [0.29, 0.717) is 0 Å². The van der Waals surface area contributed by atoms with Gasteiger partial charge >= 0.3 is 0 Å². The van der Waals surface area contributed by atoms with Gasteiger partial charge in [0.1, 0.15) is 23.3 Å². The second-order valence-corrected chi connectivity index (χ2v) is 38.0. The lowest BCUT2D eigenvalue weighted by molar-refractivity contribution is 0.590. The first-order valence-electron chi connectivity index (χ1n) is 43.8. The molecule has 20 rings (SSSR count). The molecule has 0 aliphatic carbocycles. The summed E-state index contributed by atoms with van der Waals surface area (Å²) in [6.45, 7) is 37.2. The first-order chi connectivity index (χ1) is 59.8. The maximum absolute atomic E-state index is 2.63. The Labute approximate surface area is 729 Å². The average molecular weight is 1610 g/mol. The zero-order valence-corrected chi connectivity index (χ0v) is 74.1. The van der Waals surface area contributed by atoms with Crippen molar-refractivity contribution in [3.05, 3.63) is 396 Å². The van der Waals surface area contributed by atoms with E-state index in [1.807, 2.05) is 0 Å². The summed E-state index contributed by atoms with van der Waals surface area (Å²) in [4.78, 5) is 10.5. The van der Waals surface area contributed by atoms with Crippen molar-refractivity contribution in [1.82, 2.24) is 18.3 Å².